The van der Waals surface area contributed by atoms with E-state index in [0.717, 1.165) is 31.7 Å². The van der Waals surface area contributed by atoms with Gasteiger partial charge < -0.3 is 15.8 Å². The first-order valence-electron chi connectivity index (χ1n) is 8.44. The maximum Gasteiger partial charge on any atom is 0.224 e. The summed E-state index contributed by atoms with van der Waals surface area (Å²) in [6.07, 6.45) is 2.31. The molecule has 0 aliphatic carbocycles. The molecule has 1 saturated heterocycles. The van der Waals surface area contributed by atoms with E-state index < -0.39 is 0 Å². The summed E-state index contributed by atoms with van der Waals surface area (Å²) >= 11 is 0. The molecular weight excluding hydrogens is 290 g/mol. The highest BCUT2D eigenvalue weighted by Crippen LogP contribution is 2.20. The van der Waals surface area contributed by atoms with Gasteiger partial charge in [-0.2, -0.15) is 0 Å². The van der Waals surface area contributed by atoms with Crippen molar-refractivity contribution in [3.8, 4) is 0 Å². The van der Waals surface area contributed by atoms with E-state index in [9.17, 15) is 4.79 Å². The number of amides is 1. The number of ether oxygens (including phenoxy) is 1. The number of nitrogens with two attached hydrogens (primary N) is 1. The van der Waals surface area contributed by atoms with Gasteiger partial charge in [0.2, 0.25) is 5.91 Å². The Morgan fingerprint density at radius 2 is 2.17 bits per heavy atom. The van der Waals surface area contributed by atoms with Gasteiger partial charge in [0.05, 0.1) is 12.5 Å². The van der Waals surface area contributed by atoms with E-state index >= 15 is 0 Å². The molecule has 0 bridgehead atoms. The van der Waals surface area contributed by atoms with E-state index in [1.54, 1.807) is 7.11 Å². The molecule has 1 heterocycles. The van der Waals surface area contributed by atoms with Crippen LogP contribution in [0.1, 0.15) is 31.4 Å². The molecule has 23 heavy (non-hydrogen) atoms. The highest BCUT2D eigenvalue weighted by molar-refractivity contribution is 5.79. The van der Waals surface area contributed by atoms with Crippen LogP contribution in [0.5, 0.6) is 0 Å². The summed E-state index contributed by atoms with van der Waals surface area (Å²) in [5.41, 5.74) is 7.23. The molecule has 3 unspecified atom stereocenters. The molecule has 1 aliphatic rings. The van der Waals surface area contributed by atoms with Crippen molar-refractivity contribution in [1.29, 1.82) is 0 Å². The average molecular weight is 319 g/mol. The van der Waals surface area contributed by atoms with Crippen molar-refractivity contribution in [3.63, 3.8) is 0 Å². The number of carbonyl (C=O) groups is 1. The Labute approximate surface area is 139 Å². The van der Waals surface area contributed by atoms with Crippen molar-refractivity contribution < 1.29 is 9.53 Å². The summed E-state index contributed by atoms with van der Waals surface area (Å²) < 4.78 is 5.15. The van der Waals surface area contributed by atoms with Crippen LogP contribution in [-0.2, 0) is 9.53 Å². The van der Waals surface area contributed by atoms with Crippen LogP contribution in [0.25, 0.3) is 0 Å². The molecule has 5 nitrogen and oxygen atoms in total. The predicted octanol–water partition coefficient (Wildman–Crippen LogP) is 1.55. The topological polar surface area (TPSA) is 67.6 Å². The SMILES string of the molecule is COCCN1CCCC1CNC(=O)C(C)C(N)c1ccccc1. The summed E-state index contributed by atoms with van der Waals surface area (Å²) in [5, 5.41) is 3.08. The molecule has 128 valence electrons. The lowest BCUT2D eigenvalue weighted by molar-refractivity contribution is -0.125. The first kappa shape index (κ1) is 17.9. The third-order valence-electron chi connectivity index (χ3n) is 4.73. The van der Waals surface area contributed by atoms with Crippen LogP contribution in [0.3, 0.4) is 0 Å². The van der Waals surface area contributed by atoms with Gasteiger partial charge in [-0.3, -0.25) is 9.69 Å². The molecule has 1 aliphatic heterocycles. The second kappa shape index (κ2) is 9.01. The van der Waals surface area contributed by atoms with Crippen LogP contribution in [0, 0.1) is 5.92 Å². The van der Waals surface area contributed by atoms with Crippen molar-refractivity contribution in [2.24, 2.45) is 11.7 Å². The number of methoxy groups -OCH3 is 1. The van der Waals surface area contributed by atoms with Gasteiger partial charge in [-0.05, 0) is 24.9 Å². The normalized spacial score (nSPS) is 21.1. The molecule has 1 amide bonds. The lowest BCUT2D eigenvalue weighted by Crippen LogP contribution is -2.44. The Hall–Kier alpha value is -1.43. The quantitative estimate of drug-likeness (QED) is 0.763. The molecule has 0 spiro atoms. The minimum Gasteiger partial charge on any atom is -0.383 e. The van der Waals surface area contributed by atoms with Crippen molar-refractivity contribution in [2.75, 3.05) is 33.4 Å². The molecule has 0 saturated carbocycles. The number of carbonyl (C=O) groups excluding carboxylic acids is 1. The van der Waals surface area contributed by atoms with E-state index in [2.05, 4.69) is 10.2 Å². The number of nitrogens with one attached hydrogen (secondary N) is 1. The largest absolute Gasteiger partial charge is 0.383 e. The Kier molecular flexibility index (Phi) is 7.02. The van der Waals surface area contributed by atoms with E-state index in [-0.39, 0.29) is 17.9 Å². The van der Waals surface area contributed by atoms with Gasteiger partial charge in [-0.1, -0.05) is 37.3 Å². The second-order valence-electron chi connectivity index (χ2n) is 6.30. The van der Waals surface area contributed by atoms with Crippen molar-refractivity contribution >= 4 is 5.91 Å². The molecule has 1 fully saturated rings. The highest BCUT2D eigenvalue weighted by Gasteiger charge is 2.26. The fourth-order valence-corrected chi connectivity index (χ4v) is 3.14. The van der Waals surface area contributed by atoms with Gasteiger partial charge in [0.15, 0.2) is 0 Å². The highest BCUT2D eigenvalue weighted by atomic mass is 16.5. The molecular formula is C18H29N3O2. The van der Waals surface area contributed by atoms with Crippen LogP contribution >= 0.6 is 0 Å². The molecule has 3 N–H and O–H groups in total. The van der Waals surface area contributed by atoms with E-state index in [1.807, 2.05) is 37.3 Å². The first-order chi connectivity index (χ1) is 11.1. The molecule has 1 aromatic carbocycles. The Bertz CT molecular complexity index is 480. The first-order valence-corrected chi connectivity index (χ1v) is 8.44. The number of hydrogen-bond donors (Lipinski definition) is 2. The summed E-state index contributed by atoms with van der Waals surface area (Å²) in [4.78, 5) is 14.8. The number of hydrogen-bond acceptors (Lipinski definition) is 4. The van der Waals surface area contributed by atoms with Crippen molar-refractivity contribution in [2.45, 2.75) is 31.8 Å². The van der Waals surface area contributed by atoms with E-state index in [0.29, 0.717) is 12.6 Å². The van der Waals surface area contributed by atoms with E-state index in [1.165, 1.54) is 6.42 Å². The van der Waals surface area contributed by atoms with Gasteiger partial charge in [0.1, 0.15) is 0 Å². The standard InChI is InChI=1S/C18H29N3O2/c1-14(17(19)15-7-4-3-5-8-15)18(22)20-13-16-9-6-10-21(16)11-12-23-2/h3-5,7-8,14,16-17H,6,9-13,19H2,1-2H3,(H,20,22). The van der Waals surface area contributed by atoms with Crippen LogP contribution in [0.4, 0.5) is 0 Å². The fourth-order valence-electron chi connectivity index (χ4n) is 3.14. The lowest BCUT2D eigenvalue weighted by Gasteiger charge is -2.26. The second-order valence-corrected chi connectivity index (χ2v) is 6.30. The summed E-state index contributed by atoms with van der Waals surface area (Å²) in [7, 11) is 1.72. The van der Waals surface area contributed by atoms with Crippen LogP contribution in [-0.4, -0.2) is 50.2 Å². The van der Waals surface area contributed by atoms with Gasteiger partial charge >= 0.3 is 0 Å². The zero-order valence-corrected chi connectivity index (χ0v) is 14.2. The monoisotopic (exact) mass is 319 g/mol. The number of rotatable bonds is 8. The van der Waals surface area contributed by atoms with Gasteiger partial charge in [-0.15, -0.1) is 0 Å². The molecule has 3 atom stereocenters. The average Bonchev–Trinajstić information content (AvgIpc) is 3.04. The van der Waals surface area contributed by atoms with Crippen LogP contribution in [0.15, 0.2) is 30.3 Å². The number of likely N-dealkylation sites (tertiary alicyclic amines) is 1. The van der Waals surface area contributed by atoms with Crippen molar-refractivity contribution in [1.82, 2.24) is 10.2 Å². The van der Waals surface area contributed by atoms with Crippen molar-refractivity contribution in [3.05, 3.63) is 35.9 Å². The summed E-state index contributed by atoms with van der Waals surface area (Å²) in [6, 6.07) is 9.93. The lowest BCUT2D eigenvalue weighted by atomic mass is 9.94. The third kappa shape index (κ3) is 5.03. The molecule has 5 heteroatoms. The third-order valence-corrected chi connectivity index (χ3v) is 4.73. The Balaban J connectivity index is 1.82. The van der Waals surface area contributed by atoms with Gasteiger partial charge in [0.25, 0.3) is 0 Å². The molecule has 0 radical (unpaired) electrons. The van der Waals surface area contributed by atoms with Gasteiger partial charge in [-0.25, -0.2) is 0 Å². The van der Waals surface area contributed by atoms with Gasteiger partial charge in [0, 0.05) is 32.3 Å². The maximum atomic E-state index is 12.4. The molecule has 2 rings (SSSR count). The Morgan fingerprint density at radius 3 is 2.87 bits per heavy atom. The minimum absolute atomic E-state index is 0.0277. The number of nitrogens with zero attached hydrogens (tertiary/aromatic N) is 1. The summed E-state index contributed by atoms with van der Waals surface area (Å²) in [5.74, 6) is -0.217. The van der Waals surface area contributed by atoms with Crippen LogP contribution in [0.2, 0.25) is 0 Å². The zero-order chi connectivity index (χ0) is 16.7. The van der Waals surface area contributed by atoms with E-state index in [4.69, 9.17) is 10.5 Å². The Morgan fingerprint density at radius 1 is 1.43 bits per heavy atom. The van der Waals surface area contributed by atoms with Crippen LogP contribution < -0.4 is 11.1 Å². The maximum absolute atomic E-state index is 12.4. The smallest absolute Gasteiger partial charge is 0.224 e. The zero-order valence-electron chi connectivity index (χ0n) is 14.2. The number of benzene rings is 1. The molecule has 1 aromatic rings. The summed E-state index contributed by atoms with van der Waals surface area (Å²) in [6.45, 7) is 5.33. The predicted molar refractivity (Wildman–Crippen MR) is 92.0 cm³/mol. The molecule has 0 aromatic heterocycles. The fraction of sp³-hybridized carbons (Fsp3) is 0.611. The minimum atomic E-state index is -0.274.